The van der Waals surface area contributed by atoms with Crippen LogP contribution in [0.1, 0.15) is 72.1 Å². The van der Waals surface area contributed by atoms with Gasteiger partial charge in [-0.1, -0.05) is 52.9 Å². The Hall–Kier alpha value is -0.570. The van der Waals surface area contributed by atoms with Crippen LogP contribution < -0.4 is 5.73 Å². The minimum Gasteiger partial charge on any atom is -0.466 e. The highest BCUT2D eigenvalue weighted by Gasteiger charge is 2.14. The van der Waals surface area contributed by atoms with Gasteiger partial charge in [-0.2, -0.15) is 0 Å². The SMILES string of the molecule is CCCCCCCCOC(=O)C[C@@H](CN)CC(C)C. The fourth-order valence-corrected chi connectivity index (χ4v) is 2.29. The largest absolute Gasteiger partial charge is 0.466 e. The third-order valence-corrected chi connectivity index (χ3v) is 3.35. The van der Waals surface area contributed by atoms with Gasteiger partial charge in [0.05, 0.1) is 6.61 Å². The van der Waals surface area contributed by atoms with Crippen molar-refractivity contribution in [2.75, 3.05) is 13.2 Å². The summed E-state index contributed by atoms with van der Waals surface area (Å²) in [6.07, 6.45) is 8.77. The van der Waals surface area contributed by atoms with E-state index in [0.29, 0.717) is 25.5 Å². The molecule has 114 valence electrons. The van der Waals surface area contributed by atoms with Gasteiger partial charge in [0.25, 0.3) is 0 Å². The van der Waals surface area contributed by atoms with E-state index in [-0.39, 0.29) is 11.9 Å². The van der Waals surface area contributed by atoms with Crippen LogP contribution in [0.25, 0.3) is 0 Å². The minimum absolute atomic E-state index is 0.0790. The van der Waals surface area contributed by atoms with Crippen molar-refractivity contribution in [1.82, 2.24) is 0 Å². The van der Waals surface area contributed by atoms with Crippen molar-refractivity contribution in [2.45, 2.75) is 72.1 Å². The van der Waals surface area contributed by atoms with E-state index in [0.717, 1.165) is 12.8 Å². The zero-order valence-corrected chi connectivity index (χ0v) is 13.1. The maximum atomic E-state index is 11.7. The second-order valence-corrected chi connectivity index (χ2v) is 5.92. The van der Waals surface area contributed by atoms with Crippen molar-refractivity contribution in [1.29, 1.82) is 0 Å². The summed E-state index contributed by atoms with van der Waals surface area (Å²) in [5, 5.41) is 0. The standard InChI is InChI=1S/C16H33NO2/c1-4-5-6-7-8-9-10-19-16(18)12-15(13-17)11-14(2)3/h14-15H,4-13,17H2,1-3H3/t15-/m0/s1. The Labute approximate surface area is 119 Å². The average molecular weight is 271 g/mol. The number of ether oxygens (including phenoxy) is 1. The summed E-state index contributed by atoms with van der Waals surface area (Å²) in [6.45, 7) is 7.68. The molecule has 0 heterocycles. The molecule has 0 bridgehead atoms. The molecule has 0 aromatic heterocycles. The van der Waals surface area contributed by atoms with Gasteiger partial charge in [-0.15, -0.1) is 0 Å². The predicted octanol–water partition coefficient (Wildman–Crippen LogP) is 3.90. The molecule has 1 atom stereocenters. The van der Waals surface area contributed by atoms with Crippen LogP contribution in [0.2, 0.25) is 0 Å². The summed E-state index contributed by atoms with van der Waals surface area (Å²) in [4.78, 5) is 11.7. The molecular formula is C16H33NO2. The Balaban J connectivity index is 3.52. The molecule has 0 aliphatic carbocycles. The summed E-state index contributed by atoms with van der Waals surface area (Å²) < 4.78 is 5.27. The van der Waals surface area contributed by atoms with Crippen molar-refractivity contribution >= 4 is 5.97 Å². The van der Waals surface area contributed by atoms with Gasteiger partial charge in [-0.05, 0) is 31.2 Å². The summed E-state index contributed by atoms with van der Waals surface area (Å²) in [5.41, 5.74) is 5.68. The van der Waals surface area contributed by atoms with E-state index in [9.17, 15) is 4.79 Å². The van der Waals surface area contributed by atoms with Crippen LogP contribution in [0.3, 0.4) is 0 Å². The number of hydrogen-bond acceptors (Lipinski definition) is 3. The lowest BCUT2D eigenvalue weighted by molar-refractivity contribution is -0.144. The summed E-state index contributed by atoms with van der Waals surface area (Å²) in [7, 11) is 0. The van der Waals surface area contributed by atoms with Crippen molar-refractivity contribution in [3.8, 4) is 0 Å². The van der Waals surface area contributed by atoms with Gasteiger partial charge in [0.15, 0.2) is 0 Å². The molecule has 0 unspecified atom stereocenters. The fourth-order valence-electron chi connectivity index (χ4n) is 2.29. The van der Waals surface area contributed by atoms with Crippen LogP contribution in [0.15, 0.2) is 0 Å². The summed E-state index contributed by atoms with van der Waals surface area (Å²) in [5.74, 6) is 0.779. The average Bonchev–Trinajstić information content (AvgIpc) is 2.36. The van der Waals surface area contributed by atoms with Crippen LogP contribution in [0.5, 0.6) is 0 Å². The molecule has 0 saturated heterocycles. The van der Waals surface area contributed by atoms with Crippen molar-refractivity contribution in [3.63, 3.8) is 0 Å². The van der Waals surface area contributed by atoms with E-state index < -0.39 is 0 Å². The zero-order valence-electron chi connectivity index (χ0n) is 13.1. The maximum absolute atomic E-state index is 11.7. The lowest BCUT2D eigenvalue weighted by Gasteiger charge is -2.16. The number of carbonyl (C=O) groups excluding carboxylic acids is 1. The molecule has 3 nitrogen and oxygen atoms in total. The molecule has 0 aromatic rings. The lowest BCUT2D eigenvalue weighted by Crippen LogP contribution is -2.21. The quantitative estimate of drug-likeness (QED) is 0.432. The number of rotatable bonds is 12. The van der Waals surface area contributed by atoms with E-state index in [1.54, 1.807) is 0 Å². The van der Waals surface area contributed by atoms with Gasteiger partial charge >= 0.3 is 5.97 Å². The Morgan fingerprint density at radius 3 is 2.32 bits per heavy atom. The number of unbranched alkanes of at least 4 members (excludes halogenated alkanes) is 5. The molecule has 0 amide bonds. The maximum Gasteiger partial charge on any atom is 0.306 e. The highest BCUT2D eigenvalue weighted by molar-refractivity contribution is 5.69. The monoisotopic (exact) mass is 271 g/mol. The Kier molecular flexibility index (Phi) is 12.1. The number of nitrogens with two attached hydrogens (primary N) is 1. The van der Waals surface area contributed by atoms with Gasteiger partial charge in [0.1, 0.15) is 0 Å². The third kappa shape index (κ3) is 12.2. The van der Waals surface area contributed by atoms with Gasteiger partial charge in [-0.3, -0.25) is 4.79 Å². The highest BCUT2D eigenvalue weighted by atomic mass is 16.5. The first-order chi connectivity index (χ1) is 9.10. The van der Waals surface area contributed by atoms with Crippen molar-refractivity contribution < 1.29 is 9.53 Å². The van der Waals surface area contributed by atoms with Crippen LogP contribution >= 0.6 is 0 Å². The third-order valence-electron chi connectivity index (χ3n) is 3.35. The van der Waals surface area contributed by atoms with Gasteiger partial charge in [0.2, 0.25) is 0 Å². The molecule has 0 aliphatic rings. The molecular weight excluding hydrogens is 238 g/mol. The first kappa shape index (κ1) is 18.4. The molecule has 0 rings (SSSR count). The highest BCUT2D eigenvalue weighted by Crippen LogP contribution is 2.15. The molecule has 3 heteroatoms. The first-order valence-corrected chi connectivity index (χ1v) is 7.95. The van der Waals surface area contributed by atoms with Crippen LogP contribution in [0, 0.1) is 11.8 Å². The molecule has 0 saturated carbocycles. The lowest BCUT2D eigenvalue weighted by atomic mass is 9.94. The van der Waals surface area contributed by atoms with Gasteiger partial charge in [0, 0.05) is 6.42 Å². The molecule has 19 heavy (non-hydrogen) atoms. The molecule has 0 spiro atoms. The molecule has 0 aromatic carbocycles. The van der Waals surface area contributed by atoms with Crippen molar-refractivity contribution in [3.05, 3.63) is 0 Å². The van der Waals surface area contributed by atoms with Crippen LogP contribution in [-0.2, 0) is 9.53 Å². The van der Waals surface area contributed by atoms with E-state index in [2.05, 4.69) is 20.8 Å². The van der Waals surface area contributed by atoms with E-state index in [1.807, 2.05) is 0 Å². The second kappa shape index (κ2) is 12.5. The summed E-state index contributed by atoms with van der Waals surface area (Å²) >= 11 is 0. The summed E-state index contributed by atoms with van der Waals surface area (Å²) in [6, 6.07) is 0. The first-order valence-electron chi connectivity index (χ1n) is 7.95. The zero-order chi connectivity index (χ0) is 14.5. The predicted molar refractivity (Wildman–Crippen MR) is 81.0 cm³/mol. The number of carbonyl (C=O) groups is 1. The minimum atomic E-state index is -0.0790. The van der Waals surface area contributed by atoms with E-state index >= 15 is 0 Å². The fraction of sp³-hybridized carbons (Fsp3) is 0.938. The van der Waals surface area contributed by atoms with Crippen molar-refractivity contribution in [2.24, 2.45) is 17.6 Å². The molecule has 2 N–H and O–H groups in total. The van der Waals surface area contributed by atoms with Crippen LogP contribution in [-0.4, -0.2) is 19.1 Å². The van der Waals surface area contributed by atoms with E-state index in [1.165, 1.54) is 32.1 Å². The van der Waals surface area contributed by atoms with Crippen LogP contribution in [0.4, 0.5) is 0 Å². The topological polar surface area (TPSA) is 52.3 Å². The Bertz CT molecular complexity index is 217. The number of esters is 1. The molecule has 0 aliphatic heterocycles. The molecule has 0 radical (unpaired) electrons. The van der Waals surface area contributed by atoms with Gasteiger partial charge < -0.3 is 10.5 Å². The molecule has 0 fully saturated rings. The smallest absolute Gasteiger partial charge is 0.306 e. The normalized spacial score (nSPS) is 12.7. The number of hydrogen-bond donors (Lipinski definition) is 1. The Morgan fingerprint density at radius 1 is 1.11 bits per heavy atom. The van der Waals surface area contributed by atoms with Gasteiger partial charge in [-0.25, -0.2) is 0 Å². The second-order valence-electron chi connectivity index (χ2n) is 5.92. The van der Waals surface area contributed by atoms with E-state index in [4.69, 9.17) is 10.5 Å². The Morgan fingerprint density at radius 2 is 1.74 bits per heavy atom.